The third kappa shape index (κ3) is 19.0. The second-order valence-corrected chi connectivity index (χ2v) is 7.90. The average Bonchev–Trinajstić information content (AvgIpc) is 2.89. The number of hydrogen-bond donors (Lipinski definition) is 2. The molecule has 0 saturated heterocycles. The zero-order chi connectivity index (χ0) is 26.7. The van der Waals surface area contributed by atoms with E-state index in [9.17, 15) is 9.59 Å². The Labute approximate surface area is 213 Å². The Morgan fingerprint density at radius 2 is 1.39 bits per heavy atom. The molecular formula is C25H41NO10. The first kappa shape index (κ1) is 33.7. The number of hydrogen-bond acceptors (Lipinski definition) is 11. The number of benzene rings is 1. The number of ether oxygens (including phenoxy) is 5. The van der Waals surface area contributed by atoms with Crippen LogP contribution in [0.1, 0.15) is 31.2 Å². The van der Waals surface area contributed by atoms with Crippen LogP contribution in [0.2, 0.25) is 0 Å². The molecule has 0 aliphatic heterocycles. The van der Waals surface area contributed by atoms with E-state index in [4.69, 9.17) is 38.8 Å². The predicted octanol–water partition coefficient (Wildman–Crippen LogP) is 1.91. The van der Waals surface area contributed by atoms with Crippen LogP contribution in [-0.4, -0.2) is 95.6 Å². The summed E-state index contributed by atoms with van der Waals surface area (Å²) in [5.74, 6) is -0.356. The highest BCUT2D eigenvalue weighted by molar-refractivity contribution is 5.69. The van der Waals surface area contributed by atoms with Gasteiger partial charge in [0.2, 0.25) is 0 Å². The van der Waals surface area contributed by atoms with Gasteiger partial charge in [-0.2, -0.15) is 4.91 Å². The summed E-state index contributed by atoms with van der Waals surface area (Å²) < 4.78 is 28.1. The lowest BCUT2D eigenvalue weighted by molar-refractivity contribution is -0.147. The van der Waals surface area contributed by atoms with Crippen LogP contribution in [0.25, 0.3) is 0 Å². The molecule has 0 unspecified atom stereocenters. The number of carbonyl (C=O) groups is 2. The third-order valence-corrected chi connectivity index (χ3v) is 4.60. The van der Waals surface area contributed by atoms with Crippen LogP contribution in [0.15, 0.2) is 35.5 Å². The summed E-state index contributed by atoms with van der Waals surface area (Å²) in [6.07, 6.45) is 2.17. The number of rotatable bonds is 22. The molecule has 11 heteroatoms. The summed E-state index contributed by atoms with van der Waals surface area (Å²) in [7, 11) is 1.19. The first-order valence-corrected chi connectivity index (χ1v) is 11.9. The molecule has 36 heavy (non-hydrogen) atoms. The molecule has 0 aromatic heterocycles. The molecule has 0 fully saturated rings. The lowest BCUT2D eigenvalue weighted by Gasteiger charge is -2.33. The number of nitrogens with zero attached hydrogens (tertiary/aromatic N) is 1. The molecule has 0 atom stereocenters. The molecule has 1 aromatic rings. The molecule has 0 saturated carbocycles. The first-order valence-electron chi connectivity index (χ1n) is 11.9. The normalized spacial score (nSPS) is 10.9. The fraction of sp³-hybridized carbons (Fsp3) is 0.680. The highest BCUT2D eigenvalue weighted by Crippen LogP contribution is 2.21. The average molecular weight is 516 g/mol. The van der Waals surface area contributed by atoms with Crippen LogP contribution >= 0.6 is 0 Å². The van der Waals surface area contributed by atoms with E-state index in [2.05, 4.69) is 5.18 Å². The number of esters is 1. The van der Waals surface area contributed by atoms with Gasteiger partial charge in [0.15, 0.2) is 0 Å². The maximum absolute atomic E-state index is 12.0. The number of aldehydes is 1. The Morgan fingerprint density at radius 3 is 1.89 bits per heavy atom. The van der Waals surface area contributed by atoms with E-state index in [0.29, 0.717) is 26.1 Å². The van der Waals surface area contributed by atoms with Crippen molar-refractivity contribution < 1.29 is 43.5 Å². The van der Waals surface area contributed by atoms with Gasteiger partial charge in [-0.3, -0.25) is 4.79 Å². The van der Waals surface area contributed by atoms with Gasteiger partial charge < -0.3 is 38.7 Å². The zero-order valence-electron chi connectivity index (χ0n) is 21.2. The SMILES string of the molecule is CN=O.O=CCCOCC(COCCCO)(COCCCO)COCCC(=O)OCc1ccccc1. The summed E-state index contributed by atoms with van der Waals surface area (Å²) in [5, 5.41) is 20.2. The predicted molar refractivity (Wildman–Crippen MR) is 132 cm³/mol. The van der Waals surface area contributed by atoms with Crippen molar-refractivity contribution in [3.8, 4) is 0 Å². The molecule has 0 aliphatic rings. The van der Waals surface area contributed by atoms with E-state index < -0.39 is 5.41 Å². The van der Waals surface area contributed by atoms with E-state index in [1.54, 1.807) is 0 Å². The summed E-state index contributed by atoms with van der Waals surface area (Å²) in [6.45, 7) is 2.39. The monoisotopic (exact) mass is 515 g/mol. The van der Waals surface area contributed by atoms with Crippen molar-refractivity contribution in [2.45, 2.75) is 32.3 Å². The molecule has 1 aromatic carbocycles. The Morgan fingerprint density at radius 1 is 0.889 bits per heavy atom. The van der Waals surface area contributed by atoms with Gasteiger partial charge in [-0.15, -0.1) is 0 Å². The zero-order valence-corrected chi connectivity index (χ0v) is 21.2. The summed E-state index contributed by atoms with van der Waals surface area (Å²) in [5.41, 5.74) is 0.250. The lowest BCUT2D eigenvalue weighted by atomic mass is 9.92. The minimum Gasteiger partial charge on any atom is -0.461 e. The molecule has 206 valence electrons. The van der Waals surface area contributed by atoms with Gasteiger partial charge in [0, 0.05) is 32.8 Å². The van der Waals surface area contributed by atoms with Gasteiger partial charge in [0.05, 0.1) is 58.5 Å². The first-order chi connectivity index (χ1) is 17.6. The van der Waals surface area contributed by atoms with Crippen molar-refractivity contribution in [2.24, 2.45) is 10.6 Å². The topological polar surface area (TPSA) is 150 Å². The Bertz CT molecular complexity index is 647. The molecule has 0 aliphatic carbocycles. The van der Waals surface area contributed by atoms with Gasteiger partial charge in [0.25, 0.3) is 0 Å². The molecule has 0 spiro atoms. The summed E-state index contributed by atoms with van der Waals surface area (Å²) in [4.78, 5) is 31.2. The minimum absolute atomic E-state index is 0.0252. The quantitative estimate of drug-likeness (QED) is 0.101. The van der Waals surface area contributed by atoms with E-state index in [1.165, 1.54) is 7.05 Å². The molecule has 0 bridgehead atoms. The number of aliphatic hydroxyl groups excluding tert-OH is 2. The fourth-order valence-corrected chi connectivity index (χ4v) is 2.84. The summed E-state index contributed by atoms with van der Waals surface area (Å²) >= 11 is 0. The van der Waals surface area contributed by atoms with Crippen LogP contribution in [0.3, 0.4) is 0 Å². The van der Waals surface area contributed by atoms with Gasteiger partial charge in [-0.1, -0.05) is 35.5 Å². The van der Waals surface area contributed by atoms with Crippen LogP contribution in [0.5, 0.6) is 0 Å². The molecule has 11 nitrogen and oxygen atoms in total. The molecule has 0 heterocycles. The van der Waals surface area contributed by atoms with E-state index in [-0.39, 0.29) is 78.3 Å². The number of aliphatic hydroxyl groups is 2. The van der Waals surface area contributed by atoms with Crippen LogP contribution < -0.4 is 0 Å². The maximum atomic E-state index is 12.0. The van der Waals surface area contributed by atoms with Crippen molar-refractivity contribution in [1.29, 1.82) is 0 Å². The highest BCUT2D eigenvalue weighted by Gasteiger charge is 2.32. The minimum atomic E-state index is -0.665. The highest BCUT2D eigenvalue weighted by atomic mass is 16.5. The molecule has 2 N–H and O–H groups in total. The van der Waals surface area contributed by atoms with E-state index in [0.717, 1.165) is 11.8 Å². The standard InChI is InChI=1S/C24H38O9.CH3NO/c25-10-4-13-29-18-24(19-30-14-5-11-26,20-31-15-6-12-27)21-32-16-9-23(28)33-17-22-7-2-1-3-8-22;1-2-3/h1-3,7-8,10,26-27H,4-6,9,11-21H2;1H3. The van der Waals surface area contributed by atoms with E-state index in [1.807, 2.05) is 30.3 Å². The van der Waals surface area contributed by atoms with E-state index >= 15 is 0 Å². The van der Waals surface area contributed by atoms with Crippen molar-refractivity contribution in [3.63, 3.8) is 0 Å². The third-order valence-electron chi connectivity index (χ3n) is 4.60. The fourth-order valence-electron chi connectivity index (χ4n) is 2.84. The second kappa shape index (κ2) is 24.4. The van der Waals surface area contributed by atoms with Crippen LogP contribution in [-0.2, 0) is 39.9 Å². The number of carbonyl (C=O) groups excluding carboxylic acids is 2. The Kier molecular flexibility index (Phi) is 22.9. The largest absolute Gasteiger partial charge is 0.461 e. The molecular weight excluding hydrogens is 474 g/mol. The van der Waals surface area contributed by atoms with Gasteiger partial charge in [-0.25, -0.2) is 0 Å². The number of nitroso groups, excluding NO2 is 1. The van der Waals surface area contributed by atoms with Crippen molar-refractivity contribution >= 4 is 12.3 Å². The summed E-state index contributed by atoms with van der Waals surface area (Å²) in [6, 6.07) is 9.43. The van der Waals surface area contributed by atoms with Gasteiger partial charge in [-0.05, 0) is 18.4 Å². The molecule has 0 radical (unpaired) electrons. The van der Waals surface area contributed by atoms with Crippen molar-refractivity contribution in [1.82, 2.24) is 0 Å². The molecule has 0 amide bonds. The van der Waals surface area contributed by atoms with Crippen LogP contribution in [0, 0.1) is 10.3 Å². The van der Waals surface area contributed by atoms with Gasteiger partial charge >= 0.3 is 5.97 Å². The Hall–Kier alpha value is -2.28. The van der Waals surface area contributed by atoms with Gasteiger partial charge in [0.1, 0.15) is 12.9 Å². The smallest absolute Gasteiger partial charge is 0.308 e. The Balaban J connectivity index is 0.00000387. The van der Waals surface area contributed by atoms with Crippen molar-refractivity contribution in [3.05, 3.63) is 40.8 Å². The van der Waals surface area contributed by atoms with Crippen molar-refractivity contribution in [2.75, 3.05) is 73.1 Å². The van der Waals surface area contributed by atoms with Crippen LogP contribution in [0.4, 0.5) is 0 Å². The lowest BCUT2D eigenvalue weighted by Crippen LogP contribution is -2.42. The second-order valence-electron chi connectivity index (χ2n) is 7.90. The maximum Gasteiger partial charge on any atom is 0.308 e. The molecule has 1 rings (SSSR count).